The van der Waals surface area contributed by atoms with Gasteiger partial charge < -0.3 is 5.32 Å². The van der Waals surface area contributed by atoms with E-state index < -0.39 is 10.0 Å². The summed E-state index contributed by atoms with van der Waals surface area (Å²) >= 11 is 0. The zero-order valence-electron chi connectivity index (χ0n) is 12.0. The Hall–Kier alpha value is -0.130. The maximum absolute atomic E-state index is 12.3. The molecule has 0 aliphatic carbocycles. The molecule has 1 saturated heterocycles. The highest BCUT2D eigenvalue weighted by atomic mass is 32.2. The van der Waals surface area contributed by atoms with Crippen molar-refractivity contribution >= 4 is 10.0 Å². The number of nitrogens with zero attached hydrogens (tertiary/aromatic N) is 1. The second-order valence-corrected chi connectivity index (χ2v) is 7.76. The molecule has 5 heteroatoms. The van der Waals surface area contributed by atoms with Crippen LogP contribution in [-0.2, 0) is 10.0 Å². The summed E-state index contributed by atoms with van der Waals surface area (Å²) in [6, 6.07) is 0.347. The van der Waals surface area contributed by atoms with E-state index in [0.29, 0.717) is 30.8 Å². The number of hydrogen-bond acceptors (Lipinski definition) is 3. The molecule has 0 saturated carbocycles. The van der Waals surface area contributed by atoms with Gasteiger partial charge in [-0.3, -0.25) is 0 Å². The van der Waals surface area contributed by atoms with Gasteiger partial charge in [0.05, 0.1) is 5.75 Å². The molecule has 1 unspecified atom stereocenters. The van der Waals surface area contributed by atoms with Crippen LogP contribution in [0.4, 0.5) is 0 Å². The third kappa shape index (κ3) is 5.24. The minimum Gasteiger partial charge on any atom is -0.313 e. The summed E-state index contributed by atoms with van der Waals surface area (Å²) in [6.07, 6.45) is 3.94. The molecule has 1 aliphatic heterocycles. The van der Waals surface area contributed by atoms with Crippen molar-refractivity contribution in [3.63, 3.8) is 0 Å². The maximum Gasteiger partial charge on any atom is 0.214 e. The van der Waals surface area contributed by atoms with E-state index >= 15 is 0 Å². The fourth-order valence-corrected chi connectivity index (χ4v) is 4.17. The van der Waals surface area contributed by atoms with Crippen molar-refractivity contribution in [3.05, 3.63) is 0 Å². The Morgan fingerprint density at radius 3 is 2.61 bits per heavy atom. The smallest absolute Gasteiger partial charge is 0.214 e. The zero-order valence-corrected chi connectivity index (χ0v) is 12.8. The molecule has 0 aromatic heterocycles. The van der Waals surface area contributed by atoms with E-state index in [-0.39, 0.29) is 0 Å². The van der Waals surface area contributed by atoms with Gasteiger partial charge in [0, 0.05) is 19.1 Å². The molecule has 1 heterocycles. The number of unbranched alkanes of at least 4 members (excludes halogenated alkanes) is 1. The Balaban J connectivity index is 2.63. The monoisotopic (exact) mass is 276 g/mol. The molecule has 0 aromatic carbocycles. The largest absolute Gasteiger partial charge is 0.313 e. The molecular weight excluding hydrogens is 248 g/mol. The van der Waals surface area contributed by atoms with Gasteiger partial charge in [0.1, 0.15) is 0 Å². The van der Waals surface area contributed by atoms with E-state index in [4.69, 9.17) is 0 Å². The number of nitrogens with one attached hydrogen (secondary N) is 1. The number of sulfonamides is 1. The predicted molar refractivity (Wildman–Crippen MR) is 76.1 cm³/mol. The summed E-state index contributed by atoms with van der Waals surface area (Å²) in [5.74, 6) is 0.672. The van der Waals surface area contributed by atoms with Crippen molar-refractivity contribution < 1.29 is 8.42 Å². The minimum absolute atomic E-state index is 0.295. The van der Waals surface area contributed by atoms with Crippen molar-refractivity contribution in [1.29, 1.82) is 0 Å². The normalized spacial score (nSPS) is 21.1. The topological polar surface area (TPSA) is 49.4 Å². The molecule has 0 amide bonds. The molecule has 1 N–H and O–H groups in total. The van der Waals surface area contributed by atoms with Crippen molar-refractivity contribution in [2.45, 2.75) is 52.5 Å². The van der Waals surface area contributed by atoms with Crippen molar-refractivity contribution in [2.75, 3.05) is 25.4 Å². The third-order valence-corrected chi connectivity index (χ3v) is 5.19. The van der Waals surface area contributed by atoms with Gasteiger partial charge in [0.2, 0.25) is 10.0 Å². The first-order valence-corrected chi connectivity index (χ1v) is 8.77. The molecule has 1 fully saturated rings. The Kier molecular flexibility index (Phi) is 6.60. The fraction of sp³-hybridized carbons (Fsp3) is 1.00. The first-order chi connectivity index (χ1) is 8.45. The van der Waals surface area contributed by atoms with Gasteiger partial charge >= 0.3 is 0 Å². The molecule has 108 valence electrons. The third-order valence-electron chi connectivity index (χ3n) is 3.30. The Morgan fingerprint density at radius 1 is 1.39 bits per heavy atom. The average Bonchev–Trinajstić information content (AvgIpc) is 2.78. The predicted octanol–water partition coefficient (Wildman–Crippen LogP) is 1.83. The Bertz CT molecular complexity index is 322. The van der Waals surface area contributed by atoms with Crippen LogP contribution in [0.25, 0.3) is 0 Å². The quantitative estimate of drug-likeness (QED) is 0.736. The molecule has 0 spiro atoms. The molecule has 1 rings (SSSR count). The molecule has 4 nitrogen and oxygen atoms in total. The van der Waals surface area contributed by atoms with Gasteiger partial charge in [-0.1, -0.05) is 27.2 Å². The lowest BCUT2D eigenvalue weighted by molar-refractivity contribution is 0.336. The van der Waals surface area contributed by atoms with Gasteiger partial charge in [0.25, 0.3) is 0 Å². The van der Waals surface area contributed by atoms with Gasteiger partial charge in [-0.05, 0) is 31.7 Å². The SMILES string of the molecule is CCCCS(=O)(=O)N(CC(C)C)CC1CCCN1. The molecule has 0 bridgehead atoms. The minimum atomic E-state index is -3.07. The van der Waals surface area contributed by atoms with E-state index in [1.165, 1.54) is 0 Å². The van der Waals surface area contributed by atoms with Crippen molar-refractivity contribution in [3.8, 4) is 0 Å². The lowest BCUT2D eigenvalue weighted by Gasteiger charge is -2.26. The van der Waals surface area contributed by atoms with E-state index in [0.717, 1.165) is 32.2 Å². The van der Waals surface area contributed by atoms with Crippen LogP contribution in [0.3, 0.4) is 0 Å². The summed E-state index contributed by atoms with van der Waals surface area (Å²) in [6.45, 7) is 8.49. The summed E-state index contributed by atoms with van der Waals surface area (Å²) in [5, 5.41) is 3.38. The maximum atomic E-state index is 12.3. The summed E-state index contributed by atoms with van der Waals surface area (Å²) in [5.41, 5.74) is 0. The van der Waals surface area contributed by atoms with E-state index in [1.54, 1.807) is 4.31 Å². The second-order valence-electron chi connectivity index (χ2n) is 5.67. The molecule has 0 aromatic rings. The Morgan fingerprint density at radius 2 is 2.11 bits per heavy atom. The zero-order chi connectivity index (χ0) is 13.6. The van der Waals surface area contributed by atoms with Crippen LogP contribution in [0.1, 0.15) is 46.5 Å². The molecular formula is C13H28N2O2S. The van der Waals surface area contributed by atoms with Gasteiger partial charge in [0.15, 0.2) is 0 Å². The highest BCUT2D eigenvalue weighted by molar-refractivity contribution is 7.89. The van der Waals surface area contributed by atoms with Gasteiger partial charge in [-0.25, -0.2) is 12.7 Å². The Labute approximate surface area is 112 Å². The molecule has 1 aliphatic rings. The van der Waals surface area contributed by atoms with Crippen LogP contribution in [0, 0.1) is 5.92 Å². The summed E-state index contributed by atoms with van der Waals surface area (Å²) < 4.78 is 26.3. The molecule has 18 heavy (non-hydrogen) atoms. The fourth-order valence-electron chi connectivity index (χ4n) is 2.32. The van der Waals surface area contributed by atoms with Crippen molar-refractivity contribution in [1.82, 2.24) is 9.62 Å². The van der Waals surface area contributed by atoms with Crippen LogP contribution in [0.15, 0.2) is 0 Å². The van der Waals surface area contributed by atoms with Gasteiger partial charge in [-0.15, -0.1) is 0 Å². The summed E-state index contributed by atoms with van der Waals surface area (Å²) in [4.78, 5) is 0. The van der Waals surface area contributed by atoms with Gasteiger partial charge in [-0.2, -0.15) is 0 Å². The number of rotatable bonds is 8. The number of hydrogen-bond donors (Lipinski definition) is 1. The van der Waals surface area contributed by atoms with E-state index in [9.17, 15) is 8.42 Å². The van der Waals surface area contributed by atoms with Crippen LogP contribution < -0.4 is 5.32 Å². The van der Waals surface area contributed by atoms with Crippen LogP contribution >= 0.6 is 0 Å². The summed E-state index contributed by atoms with van der Waals surface area (Å²) in [7, 11) is -3.07. The first kappa shape index (κ1) is 15.9. The van der Waals surface area contributed by atoms with E-state index in [1.807, 2.05) is 6.92 Å². The molecule has 0 radical (unpaired) electrons. The van der Waals surface area contributed by atoms with Crippen molar-refractivity contribution in [2.24, 2.45) is 5.92 Å². The van der Waals surface area contributed by atoms with Crippen LogP contribution in [0.2, 0.25) is 0 Å². The van der Waals surface area contributed by atoms with Crippen LogP contribution in [0.5, 0.6) is 0 Å². The highest BCUT2D eigenvalue weighted by Gasteiger charge is 2.26. The first-order valence-electron chi connectivity index (χ1n) is 7.17. The lowest BCUT2D eigenvalue weighted by Crippen LogP contribution is -2.43. The molecule has 1 atom stereocenters. The average molecular weight is 276 g/mol. The standard InChI is InChI=1S/C13H28N2O2S/c1-4-5-9-18(16,17)15(10-12(2)3)11-13-7-6-8-14-13/h12-14H,4-11H2,1-3H3. The lowest BCUT2D eigenvalue weighted by atomic mass is 10.2. The highest BCUT2D eigenvalue weighted by Crippen LogP contribution is 2.13. The van der Waals surface area contributed by atoms with Crippen LogP contribution in [-0.4, -0.2) is 44.2 Å². The second kappa shape index (κ2) is 7.46. The van der Waals surface area contributed by atoms with E-state index in [2.05, 4.69) is 19.2 Å².